The summed E-state index contributed by atoms with van der Waals surface area (Å²) in [6, 6.07) is 1.82. The van der Waals surface area contributed by atoms with Gasteiger partial charge in [0.15, 0.2) is 0 Å². The average Bonchev–Trinajstić information content (AvgIpc) is 2.33. The second kappa shape index (κ2) is 8.08. The van der Waals surface area contributed by atoms with Crippen molar-refractivity contribution in [3.05, 3.63) is 29.6 Å². The van der Waals surface area contributed by atoms with Crippen LogP contribution < -0.4 is 5.32 Å². The van der Waals surface area contributed by atoms with E-state index in [1.807, 2.05) is 13.0 Å². The molecule has 5 heteroatoms. The van der Waals surface area contributed by atoms with Crippen LogP contribution in [0.4, 0.5) is 0 Å². The van der Waals surface area contributed by atoms with Gasteiger partial charge in [-0.15, -0.1) is 0 Å². The predicted molar refractivity (Wildman–Crippen MR) is 70.3 cm³/mol. The Morgan fingerprint density at radius 2 is 2.29 bits per heavy atom. The molecule has 17 heavy (non-hydrogen) atoms. The van der Waals surface area contributed by atoms with Crippen molar-refractivity contribution in [1.29, 1.82) is 0 Å². The molecule has 4 nitrogen and oxygen atoms in total. The van der Waals surface area contributed by atoms with Gasteiger partial charge in [0.25, 0.3) is 5.91 Å². The van der Waals surface area contributed by atoms with Gasteiger partial charge in [-0.25, -0.2) is 0 Å². The molecule has 0 fully saturated rings. The van der Waals surface area contributed by atoms with Crippen molar-refractivity contribution < 1.29 is 9.90 Å². The number of aliphatic hydroxyl groups is 1. The third-order valence-corrected chi connectivity index (χ3v) is 3.19. The molecule has 1 aromatic rings. The van der Waals surface area contributed by atoms with E-state index in [0.29, 0.717) is 12.1 Å². The first-order chi connectivity index (χ1) is 8.24. The maximum atomic E-state index is 11.7. The van der Waals surface area contributed by atoms with Crippen molar-refractivity contribution in [3.8, 4) is 0 Å². The fourth-order valence-electron chi connectivity index (χ4n) is 1.29. The molecular weight excluding hydrogens is 236 g/mol. The van der Waals surface area contributed by atoms with E-state index in [0.717, 1.165) is 23.5 Å². The Kier molecular flexibility index (Phi) is 6.65. The molecule has 0 aliphatic heterocycles. The standard InChI is InChI=1S/C12H18N2O2S/c1-10-7-11(9-13-8-10)12(16)14-3-6-17-5-2-4-15/h7-9,15H,2-6H2,1H3,(H,14,16). The summed E-state index contributed by atoms with van der Waals surface area (Å²) in [7, 11) is 0. The van der Waals surface area contributed by atoms with E-state index in [-0.39, 0.29) is 12.5 Å². The third kappa shape index (κ3) is 5.70. The maximum Gasteiger partial charge on any atom is 0.252 e. The van der Waals surface area contributed by atoms with Gasteiger partial charge < -0.3 is 10.4 Å². The van der Waals surface area contributed by atoms with Crippen LogP contribution in [0.15, 0.2) is 18.5 Å². The molecule has 0 saturated heterocycles. The summed E-state index contributed by atoms with van der Waals surface area (Å²) < 4.78 is 0. The van der Waals surface area contributed by atoms with E-state index >= 15 is 0 Å². The van der Waals surface area contributed by atoms with E-state index in [9.17, 15) is 4.79 Å². The molecule has 0 aliphatic carbocycles. The number of thioether (sulfide) groups is 1. The number of carbonyl (C=O) groups excluding carboxylic acids is 1. The van der Waals surface area contributed by atoms with Gasteiger partial charge in [0, 0.05) is 31.3 Å². The Morgan fingerprint density at radius 3 is 3.00 bits per heavy atom. The zero-order chi connectivity index (χ0) is 12.5. The first kappa shape index (κ1) is 14.0. The van der Waals surface area contributed by atoms with Crippen LogP contribution in [0.2, 0.25) is 0 Å². The van der Waals surface area contributed by atoms with Crippen LogP contribution in [0.5, 0.6) is 0 Å². The van der Waals surface area contributed by atoms with E-state index in [1.165, 1.54) is 0 Å². The van der Waals surface area contributed by atoms with Crippen LogP contribution in [0.3, 0.4) is 0 Å². The van der Waals surface area contributed by atoms with Gasteiger partial charge in [-0.1, -0.05) is 0 Å². The number of aryl methyl sites for hydroxylation is 1. The third-order valence-electron chi connectivity index (χ3n) is 2.12. The minimum absolute atomic E-state index is 0.0797. The molecule has 0 radical (unpaired) electrons. The minimum Gasteiger partial charge on any atom is -0.396 e. The number of amides is 1. The van der Waals surface area contributed by atoms with E-state index in [4.69, 9.17) is 5.11 Å². The molecule has 0 saturated carbocycles. The predicted octanol–water partition coefficient (Wildman–Crippen LogP) is 1.24. The first-order valence-electron chi connectivity index (χ1n) is 5.62. The van der Waals surface area contributed by atoms with Crippen LogP contribution in [0.25, 0.3) is 0 Å². The number of hydrogen-bond acceptors (Lipinski definition) is 4. The van der Waals surface area contributed by atoms with Gasteiger partial charge in [-0.3, -0.25) is 9.78 Å². The normalized spacial score (nSPS) is 10.2. The summed E-state index contributed by atoms with van der Waals surface area (Å²) in [6.45, 7) is 2.78. The highest BCUT2D eigenvalue weighted by Gasteiger charge is 2.04. The Balaban J connectivity index is 2.21. The zero-order valence-electron chi connectivity index (χ0n) is 9.98. The van der Waals surface area contributed by atoms with E-state index in [2.05, 4.69) is 10.3 Å². The van der Waals surface area contributed by atoms with Gasteiger partial charge in [0.05, 0.1) is 5.56 Å². The minimum atomic E-state index is -0.0797. The monoisotopic (exact) mass is 254 g/mol. The summed E-state index contributed by atoms with van der Waals surface area (Å²) in [6.07, 6.45) is 4.10. The lowest BCUT2D eigenvalue weighted by Crippen LogP contribution is -2.26. The van der Waals surface area contributed by atoms with Gasteiger partial charge >= 0.3 is 0 Å². The Hall–Kier alpha value is -1.07. The van der Waals surface area contributed by atoms with Crippen LogP contribution in [-0.2, 0) is 0 Å². The molecule has 1 aromatic heterocycles. The Labute approximate surface area is 106 Å². The highest BCUT2D eigenvalue weighted by atomic mass is 32.2. The van der Waals surface area contributed by atoms with Crippen LogP contribution in [0.1, 0.15) is 22.3 Å². The number of nitrogens with zero attached hydrogens (tertiary/aromatic N) is 1. The number of aliphatic hydroxyl groups excluding tert-OH is 1. The van der Waals surface area contributed by atoms with Crippen molar-refractivity contribution in [2.24, 2.45) is 0 Å². The van der Waals surface area contributed by atoms with Gasteiger partial charge in [-0.2, -0.15) is 11.8 Å². The molecule has 1 rings (SSSR count). The molecule has 0 unspecified atom stereocenters. The largest absolute Gasteiger partial charge is 0.396 e. The summed E-state index contributed by atoms with van der Waals surface area (Å²) in [5.41, 5.74) is 1.58. The number of hydrogen-bond donors (Lipinski definition) is 2. The number of aromatic nitrogens is 1. The fraction of sp³-hybridized carbons (Fsp3) is 0.500. The number of rotatable bonds is 7. The van der Waals surface area contributed by atoms with E-state index in [1.54, 1.807) is 24.2 Å². The fourth-order valence-corrected chi connectivity index (χ4v) is 2.07. The smallest absolute Gasteiger partial charge is 0.252 e. The summed E-state index contributed by atoms with van der Waals surface area (Å²) >= 11 is 1.73. The SMILES string of the molecule is Cc1cncc(C(=O)NCCSCCCO)c1. The molecular formula is C12H18N2O2S. The molecule has 0 spiro atoms. The van der Waals surface area contributed by atoms with Gasteiger partial charge in [0.2, 0.25) is 0 Å². The second-order valence-corrected chi connectivity index (χ2v) is 4.92. The number of carbonyl (C=O) groups is 1. The van der Waals surface area contributed by atoms with Crippen LogP contribution >= 0.6 is 11.8 Å². The van der Waals surface area contributed by atoms with Gasteiger partial charge in [-0.05, 0) is 30.7 Å². The first-order valence-corrected chi connectivity index (χ1v) is 6.78. The summed E-state index contributed by atoms with van der Waals surface area (Å²) in [5.74, 6) is 1.72. The number of nitrogens with one attached hydrogen (secondary N) is 1. The lowest BCUT2D eigenvalue weighted by Gasteiger charge is -2.05. The molecule has 0 bridgehead atoms. The lowest BCUT2D eigenvalue weighted by molar-refractivity contribution is 0.0955. The quantitative estimate of drug-likeness (QED) is 0.719. The van der Waals surface area contributed by atoms with E-state index < -0.39 is 0 Å². The topological polar surface area (TPSA) is 62.2 Å². The average molecular weight is 254 g/mol. The molecule has 1 amide bonds. The molecule has 1 heterocycles. The Bertz CT molecular complexity index is 358. The highest BCUT2D eigenvalue weighted by Crippen LogP contribution is 2.02. The van der Waals surface area contributed by atoms with Crippen molar-refractivity contribution in [2.75, 3.05) is 24.7 Å². The zero-order valence-corrected chi connectivity index (χ0v) is 10.8. The van der Waals surface area contributed by atoms with Crippen molar-refractivity contribution in [2.45, 2.75) is 13.3 Å². The molecule has 0 atom stereocenters. The number of pyridine rings is 1. The van der Waals surface area contributed by atoms with Crippen molar-refractivity contribution >= 4 is 17.7 Å². The van der Waals surface area contributed by atoms with Gasteiger partial charge in [0.1, 0.15) is 0 Å². The molecule has 0 aromatic carbocycles. The van der Waals surface area contributed by atoms with Crippen molar-refractivity contribution in [1.82, 2.24) is 10.3 Å². The summed E-state index contributed by atoms with van der Waals surface area (Å²) in [5, 5.41) is 11.4. The lowest BCUT2D eigenvalue weighted by atomic mass is 10.2. The highest BCUT2D eigenvalue weighted by molar-refractivity contribution is 7.99. The maximum absolute atomic E-state index is 11.7. The van der Waals surface area contributed by atoms with Crippen molar-refractivity contribution in [3.63, 3.8) is 0 Å². The molecule has 2 N–H and O–H groups in total. The second-order valence-electron chi connectivity index (χ2n) is 3.70. The molecule has 94 valence electrons. The Morgan fingerprint density at radius 1 is 1.47 bits per heavy atom. The molecule has 0 aliphatic rings. The summed E-state index contributed by atoms with van der Waals surface area (Å²) in [4.78, 5) is 15.7. The van der Waals surface area contributed by atoms with Crippen LogP contribution in [0, 0.1) is 6.92 Å². The van der Waals surface area contributed by atoms with Crippen LogP contribution in [-0.4, -0.2) is 40.7 Å².